The third kappa shape index (κ3) is 4.09. The first kappa shape index (κ1) is 22.5. The van der Waals surface area contributed by atoms with Gasteiger partial charge in [-0.15, -0.1) is 0 Å². The van der Waals surface area contributed by atoms with Gasteiger partial charge in [-0.1, -0.05) is 42.1 Å². The van der Waals surface area contributed by atoms with Gasteiger partial charge >= 0.3 is 5.97 Å². The second-order valence-corrected chi connectivity index (χ2v) is 8.94. The van der Waals surface area contributed by atoms with Crippen molar-refractivity contribution < 1.29 is 14.3 Å². The zero-order chi connectivity index (χ0) is 23.7. The number of H-pyrrole nitrogens is 1. The highest BCUT2D eigenvalue weighted by Crippen LogP contribution is 2.29. The van der Waals surface area contributed by atoms with Crippen molar-refractivity contribution in [2.45, 2.75) is 31.2 Å². The normalized spacial score (nSPS) is 12.0. The van der Waals surface area contributed by atoms with Crippen LogP contribution in [0.2, 0.25) is 0 Å². The Labute approximate surface area is 194 Å². The van der Waals surface area contributed by atoms with Crippen molar-refractivity contribution in [3.05, 3.63) is 87.5 Å². The number of Topliss-reactive ketones (excluding diaryl/α,β-unsaturated/α-hetero) is 1. The molecule has 0 amide bonds. The molecule has 4 rings (SSSR count). The van der Waals surface area contributed by atoms with E-state index in [1.54, 1.807) is 39.0 Å². The molecule has 0 saturated heterocycles. The minimum absolute atomic E-state index is 0.197. The van der Waals surface area contributed by atoms with Crippen LogP contribution in [0.25, 0.3) is 16.6 Å². The van der Waals surface area contributed by atoms with Crippen molar-refractivity contribution in [2.75, 3.05) is 7.11 Å². The van der Waals surface area contributed by atoms with Gasteiger partial charge in [0.2, 0.25) is 0 Å². The molecular weight excluding hydrogens is 438 g/mol. The Balaban J connectivity index is 1.77. The van der Waals surface area contributed by atoms with E-state index < -0.39 is 11.2 Å². The lowest BCUT2D eigenvalue weighted by Gasteiger charge is -2.16. The van der Waals surface area contributed by atoms with Crippen molar-refractivity contribution in [3.8, 4) is 5.69 Å². The molecule has 0 aliphatic carbocycles. The van der Waals surface area contributed by atoms with E-state index in [1.165, 1.54) is 23.4 Å². The molecule has 1 unspecified atom stereocenters. The number of methoxy groups -OCH3 is 1. The lowest BCUT2D eigenvalue weighted by atomic mass is 10.1. The van der Waals surface area contributed by atoms with Crippen molar-refractivity contribution in [2.24, 2.45) is 0 Å². The van der Waals surface area contributed by atoms with E-state index in [0.29, 0.717) is 44.3 Å². The van der Waals surface area contributed by atoms with Crippen LogP contribution in [0.1, 0.15) is 39.0 Å². The number of carbonyl (C=O) groups is 2. The number of thioether (sulfide) groups is 1. The molecule has 1 atom stereocenters. The van der Waals surface area contributed by atoms with E-state index in [2.05, 4.69) is 4.98 Å². The van der Waals surface area contributed by atoms with Gasteiger partial charge in [0.1, 0.15) is 0 Å². The number of carbonyl (C=O) groups excluding carboxylic acids is 2. The van der Waals surface area contributed by atoms with Gasteiger partial charge in [0, 0.05) is 5.69 Å². The summed E-state index contributed by atoms with van der Waals surface area (Å²) in [5, 5.41) is 0.346. The molecule has 1 N–H and O–H groups in total. The summed E-state index contributed by atoms with van der Waals surface area (Å²) in [6.45, 7) is 5.21. The molecule has 2 heterocycles. The zero-order valence-electron chi connectivity index (χ0n) is 18.7. The number of hydrogen-bond acceptors (Lipinski definition) is 6. The highest BCUT2D eigenvalue weighted by atomic mass is 32.2. The van der Waals surface area contributed by atoms with Crippen LogP contribution in [0.5, 0.6) is 0 Å². The molecule has 8 heteroatoms. The fraction of sp³-hybridized carbons (Fsp3) is 0.200. The maximum atomic E-state index is 13.3. The lowest BCUT2D eigenvalue weighted by molar-refractivity contribution is 0.0599. The number of aromatic nitrogens is 3. The van der Waals surface area contributed by atoms with Crippen LogP contribution in [0.15, 0.2) is 64.5 Å². The molecule has 0 radical (unpaired) electrons. The van der Waals surface area contributed by atoms with Gasteiger partial charge in [-0.25, -0.2) is 9.78 Å². The number of rotatable bonds is 6. The van der Waals surface area contributed by atoms with Gasteiger partial charge in [0.15, 0.2) is 10.9 Å². The standard InChI is InChI=1S/C25H23N3O4S/c1-14-20(24(31)32-4)15(2)26-21(14)22(29)16(3)33-25-27-19-13-9-8-12-18(19)23(30)28(25)17-10-6-5-7-11-17/h5-13,16,26H,1-4H3. The Morgan fingerprint density at radius 3 is 2.42 bits per heavy atom. The number of ether oxygens (including phenoxy) is 1. The molecule has 2 aromatic carbocycles. The summed E-state index contributed by atoms with van der Waals surface area (Å²) in [6.07, 6.45) is 0. The summed E-state index contributed by atoms with van der Waals surface area (Å²) in [5.74, 6) is -0.688. The number of esters is 1. The number of nitrogens with zero attached hydrogens (tertiary/aromatic N) is 2. The molecule has 2 aromatic heterocycles. The summed E-state index contributed by atoms with van der Waals surface area (Å²) in [6, 6.07) is 16.4. The molecule has 0 fully saturated rings. The summed E-state index contributed by atoms with van der Waals surface area (Å²) in [4.78, 5) is 46.5. The molecule has 168 valence electrons. The van der Waals surface area contributed by atoms with Gasteiger partial charge in [0.05, 0.1) is 40.2 Å². The van der Waals surface area contributed by atoms with Crippen molar-refractivity contribution in [1.29, 1.82) is 0 Å². The summed E-state index contributed by atoms with van der Waals surface area (Å²) in [7, 11) is 1.31. The smallest absolute Gasteiger partial charge is 0.339 e. The highest BCUT2D eigenvalue weighted by molar-refractivity contribution is 8.00. The predicted octanol–water partition coefficient (Wildman–Crippen LogP) is 4.48. The molecule has 7 nitrogen and oxygen atoms in total. The zero-order valence-corrected chi connectivity index (χ0v) is 19.5. The van der Waals surface area contributed by atoms with Gasteiger partial charge in [-0.05, 0) is 50.6 Å². The Morgan fingerprint density at radius 1 is 1.06 bits per heavy atom. The van der Waals surface area contributed by atoms with E-state index in [0.717, 1.165) is 0 Å². The lowest BCUT2D eigenvalue weighted by Crippen LogP contribution is -2.24. The van der Waals surface area contributed by atoms with Crippen molar-refractivity contribution in [1.82, 2.24) is 14.5 Å². The Kier molecular flexibility index (Phi) is 6.20. The molecule has 0 spiro atoms. The SMILES string of the molecule is COC(=O)c1c(C)[nH]c(C(=O)C(C)Sc2nc3ccccc3c(=O)n2-c2ccccc2)c1C. The third-order valence-electron chi connectivity index (χ3n) is 5.48. The van der Waals surface area contributed by atoms with E-state index in [9.17, 15) is 14.4 Å². The number of fused-ring (bicyclic) bond motifs is 1. The summed E-state index contributed by atoms with van der Waals surface area (Å²) >= 11 is 1.20. The number of aryl methyl sites for hydroxylation is 1. The first-order chi connectivity index (χ1) is 15.8. The van der Waals surface area contributed by atoms with Crippen molar-refractivity contribution >= 4 is 34.4 Å². The number of hydrogen-bond donors (Lipinski definition) is 1. The molecule has 0 aliphatic heterocycles. The molecule has 0 aliphatic rings. The van der Waals surface area contributed by atoms with E-state index in [-0.39, 0.29) is 11.3 Å². The topological polar surface area (TPSA) is 94.1 Å². The summed E-state index contributed by atoms with van der Waals surface area (Å²) < 4.78 is 6.37. The van der Waals surface area contributed by atoms with Crippen LogP contribution < -0.4 is 5.56 Å². The van der Waals surface area contributed by atoms with Gasteiger partial charge in [0.25, 0.3) is 5.56 Å². The second kappa shape index (κ2) is 9.07. The maximum Gasteiger partial charge on any atom is 0.339 e. The summed E-state index contributed by atoms with van der Waals surface area (Å²) in [5.41, 5.74) is 2.87. The minimum Gasteiger partial charge on any atom is -0.465 e. The van der Waals surface area contributed by atoms with Gasteiger partial charge in [-0.2, -0.15) is 0 Å². The molecule has 0 bridgehead atoms. The quantitative estimate of drug-likeness (QED) is 0.197. The van der Waals surface area contributed by atoms with Crippen LogP contribution in [-0.2, 0) is 4.74 Å². The van der Waals surface area contributed by atoms with Gasteiger partial charge in [-0.3, -0.25) is 14.2 Å². The average molecular weight is 462 g/mol. The fourth-order valence-electron chi connectivity index (χ4n) is 3.82. The number of ketones is 1. The third-order valence-corrected chi connectivity index (χ3v) is 6.54. The Morgan fingerprint density at radius 2 is 1.73 bits per heavy atom. The van der Waals surface area contributed by atoms with E-state index >= 15 is 0 Å². The van der Waals surface area contributed by atoms with E-state index in [1.807, 2.05) is 36.4 Å². The highest BCUT2D eigenvalue weighted by Gasteiger charge is 2.27. The molecule has 4 aromatic rings. The van der Waals surface area contributed by atoms with Crippen LogP contribution in [0.4, 0.5) is 0 Å². The predicted molar refractivity (Wildman–Crippen MR) is 129 cm³/mol. The van der Waals surface area contributed by atoms with E-state index in [4.69, 9.17) is 9.72 Å². The number of nitrogens with one attached hydrogen (secondary N) is 1. The Hall–Kier alpha value is -3.65. The van der Waals surface area contributed by atoms with Crippen LogP contribution in [0, 0.1) is 13.8 Å². The molecule has 33 heavy (non-hydrogen) atoms. The number of aromatic amines is 1. The Bertz CT molecular complexity index is 1420. The van der Waals surface area contributed by atoms with Crippen LogP contribution in [-0.4, -0.2) is 38.6 Å². The number of benzene rings is 2. The molecule has 0 saturated carbocycles. The first-order valence-corrected chi connectivity index (χ1v) is 11.3. The largest absolute Gasteiger partial charge is 0.465 e. The monoisotopic (exact) mass is 461 g/mol. The number of para-hydroxylation sites is 2. The van der Waals surface area contributed by atoms with Crippen LogP contribution in [0.3, 0.4) is 0 Å². The van der Waals surface area contributed by atoms with Gasteiger partial charge < -0.3 is 9.72 Å². The minimum atomic E-state index is -0.574. The second-order valence-electron chi connectivity index (χ2n) is 7.63. The first-order valence-electron chi connectivity index (χ1n) is 10.4. The maximum absolute atomic E-state index is 13.3. The molecular formula is C25H23N3O4S. The van der Waals surface area contributed by atoms with Crippen molar-refractivity contribution in [3.63, 3.8) is 0 Å². The van der Waals surface area contributed by atoms with Crippen LogP contribution >= 0.6 is 11.8 Å². The average Bonchev–Trinajstić information content (AvgIpc) is 3.12. The fourth-order valence-corrected chi connectivity index (χ4v) is 4.80.